The van der Waals surface area contributed by atoms with Crippen LogP contribution in [0.1, 0.15) is 5.69 Å². The Hall–Kier alpha value is -3.94. The Morgan fingerprint density at radius 1 is 1.47 bits per heavy atom. The summed E-state index contributed by atoms with van der Waals surface area (Å²) in [7, 11) is 1.25. The van der Waals surface area contributed by atoms with Gasteiger partial charge in [0, 0.05) is 11.3 Å². The van der Waals surface area contributed by atoms with Crippen LogP contribution in [-0.4, -0.2) is 67.7 Å². The Balaban J connectivity index is 1.53. The van der Waals surface area contributed by atoms with E-state index in [1.54, 1.807) is 29.4 Å². The van der Waals surface area contributed by atoms with Crippen molar-refractivity contribution in [3.63, 3.8) is 0 Å². The minimum Gasteiger partial charge on any atom is -0.477 e. The van der Waals surface area contributed by atoms with E-state index >= 15 is 0 Å². The van der Waals surface area contributed by atoms with Crippen molar-refractivity contribution in [2.24, 2.45) is 5.16 Å². The van der Waals surface area contributed by atoms with Gasteiger partial charge in [0.15, 0.2) is 24.7 Å². The first-order valence-corrected chi connectivity index (χ1v) is 10.3. The average molecular weight is 460 g/mol. The Bertz CT molecular complexity index is 1130. The first-order valence-electron chi connectivity index (χ1n) is 9.23. The summed E-state index contributed by atoms with van der Waals surface area (Å²) in [5.41, 5.74) is 5.73. The number of fused-ring (bicyclic) bond motifs is 1. The van der Waals surface area contributed by atoms with E-state index in [9.17, 15) is 19.5 Å². The van der Waals surface area contributed by atoms with E-state index in [4.69, 9.17) is 10.2 Å². The summed E-state index contributed by atoms with van der Waals surface area (Å²) in [6.45, 7) is 0.295. The minimum absolute atomic E-state index is 0.0320. The summed E-state index contributed by atoms with van der Waals surface area (Å²) in [4.78, 5) is 51.2. The van der Waals surface area contributed by atoms with Gasteiger partial charge in [0.1, 0.15) is 36.2 Å². The monoisotopic (exact) mass is 460 g/mol. The third kappa shape index (κ3) is 3.87. The number of oxime groups is 1. The van der Waals surface area contributed by atoms with Gasteiger partial charge in [-0.15, -0.1) is 11.8 Å². The van der Waals surface area contributed by atoms with Gasteiger partial charge < -0.3 is 25.4 Å². The van der Waals surface area contributed by atoms with Crippen LogP contribution < -0.4 is 15.6 Å². The number of carbonyl (C=O) groups is 3. The lowest BCUT2D eigenvalue weighted by Gasteiger charge is -2.49. The first kappa shape index (κ1) is 21.3. The third-order valence-corrected chi connectivity index (χ3v) is 6.10. The lowest BCUT2D eigenvalue weighted by molar-refractivity contribution is -0.689. The van der Waals surface area contributed by atoms with Crippen molar-refractivity contribution in [3.8, 4) is 0 Å². The number of carboxylic acids is 1. The van der Waals surface area contributed by atoms with Gasteiger partial charge in [-0.05, 0) is 0 Å². The second-order valence-corrected chi connectivity index (χ2v) is 7.83. The number of nitrogens with two attached hydrogens (primary N) is 1. The zero-order valence-electron chi connectivity index (χ0n) is 16.7. The van der Waals surface area contributed by atoms with Crippen molar-refractivity contribution in [2.75, 3.05) is 18.6 Å². The van der Waals surface area contributed by atoms with E-state index in [1.807, 2.05) is 0 Å². The van der Waals surface area contributed by atoms with Gasteiger partial charge in [-0.25, -0.2) is 4.79 Å². The molecule has 0 spiro atoms. The van der Waals surface area contributed by atoms with Gasteiger partial charge in [0.25, 0.3) is 17.8 Å². The van der Waals surface area contributed by atoms with Crippen LogP contribution in [0.3, 0.4) is 0 Å². The zero-order valence-corrected chi connectivity index (χ0v) is 17.5. The number of hydrogen-bond acceptors (Lipinski definition) is 10. The molecule has 2 aromatic heterocycles. The van der Waals surface area contributed by atoms with Crippen molar-refractivity contribution in [2.45, 2.75) is 18.0 Å². The number of nitrogen functional groups attached to an aromatic ring is 1. The molecule has 14 heteroatoms. The summed E-state index contributed by atoms with van der Waals surface area (Å²) in [5.74, 6) is -2.12. The van der Waals surface area contributed by atoms with E-state index in [0.29, 0.717) is 17.9 Å². The van der Waals surface area contributed by atoms with Gasteiger partial charge in [0.2, 0.25) is 0 Å². The summed E-state index contributed by atoms with van der Waals surface area (Å²) >= 11 is 1.36. The molecule has 2 atom stereocenters. The van der Waals surface area contributed by atoms with Gasteiger partial charge in [-0.3, -0.25) is 19.5 Å². The SMILES string of the molecule is CON=C(C(=O)NC1C(=O)N2C(C(=O)O)=C(C[n+]3ccncc3)CS[C@@H]12)c1coc(N)n1. The van der Waals surface area contributed by atoms with E-state index in [2.05, 4.69) is 25.3 Å². The highest BCUT2D eigenvalue weighted by Crippen LogP contribution is 2.40. The number of oxazole rings is 1. The van der Waals surface area contributed by atoms with Crippen LogP contribution in [0.25, 0.3) is 0 Å². The quantitative estimate of drug-likeness (QED) is 0.195. The average Bonchev–Trinajstić information content (AvgIpc) is 3.21. The maximum absolute atomic E-state index is 12.8. The van der Waals surface area contributed by atoms with Crippen LogP contribution in [0, 0.1) is 0 Å². The number of aromatic nitrogens is 3. The topological polar surface area (TPSA) is 177 Å². The highest BCUT2D eigenvalue weighted by molar-refractivity contribution is 8.00. The molecule has 2 aromatic rings. The molecule has 4 heterocycles. The fourth-order valence-electron chi connectivity index (χ4n) is 3.38. The van der Waals surface area contributed by atoms with Crippen molar-refractivity contribution < 1.29 is 33.3 Å². The number of β-lactam (4-membered cyclic amide) rings is 1. The van der Waals surface area contributed by atoms with Crippen LogP contribution >= 0.6 is 11.8 Å². The summed E-state index contributed by atoms with van der Waals surface area (Å²) in [6.07, 6.45) is 7.71. The number of rotatable bonds is 7. The Morgan fingerprint density at radius 3 is 2.84 bits per heavy atom. The molecule has 0 aromatic carbocycles. The molecular formula is C18H18N7O6S+. The molecule has 0 radical (unpaired) electrons. The van der Waals surface area contributed by atoms with Gasteiger partial charge in [0.05, 0.1) is 12.4 Å². The van der Waals surface area contributed by atoms with Crippen LogP contribution in [0.15, 0.2) is 51.9 Å². The molecule has 4 N–H and O–H groups in total. The molecule has 1 saturated heterocycles. The lowest BCUT2D eigenvalue weighted by Crippen LogP contribution is -2.71. The van der Waals surface area contributed by atoms with Gasteiger partial charge >= 0.3 is 5.97 Å². The standard InChI is InChI=1S/C18H17N7O6S/c1-30-23-11(10-7-31-18(19)21-10)14(26)22-12-15(27)25-13(17(28)29)9(8-32-16(12)25)6-24-4-2-20-3-5-24/h2-5,7,12,16H,6,8H2,1H3,(H3-,19,21,22,26,28,29)/p+1/t12?,16-/m0/s1. The van der Waals surface area contributed by atoms with Gasteiger partial charge in [-0.2, -0.15) is 9.55 Å². The second-order valence-electron chi connectivity index (χ2n) is 6.73. The predicted molar refractivity (Wildman–Crippen MR) is 109 cm³/mol. The molecule has 32 heavy (non-hydrogen) atoms. The number of nitrogens with zero attached hydrogens (tertiary/aromatic N) is 5. The van der Waals surface area contributed by atoms with Crippen molar-refractivity contribution in [1.82, 2.24) is 20.2 Å². The third-order valence-electron chi connectivity index (χ3n) is 4.76. The second kappa shape index (κ2) is 8.66. The number of thioether (sulfide) groups is 1. The van der Waals surface area contributed by atoms with Crippen LogP contribution in [0.4, 0.5) is 6.01 Å². The van der Waals surface area contributed by atoms with E-state index < -0.39 is 29.2 Å². The largest absolute Gasteiger partial charge is 0.477 e. The lowest BCUT2D eigenvalue weighted by atomic mass is 10.0. The number of carboxylic acid groups (broad SMARTS) is 1. The normalized spacial score (nSPS) is 20.5. The molecule has 2 aliphatic heterocycles. The number of nitrogens with one attached hydrogen (secondary N) is 1. The van der Waals surface area contributed by atoms with E-state index in [0.717, 1.165) is 6.26 Å². The Kier molecular flexibility index (Phi) is 5.77. The van der Waals surface area contributed by atoms with Crippen LogP contribution in [-0.2, 0) is 25.8 Å². The molecule has 1 unspecified atom stereocenters. The highest BCUT2D eigenvalue weighted by Gasteiger charge is 2.54. The molecular weight excluding hydrogens is 442 g/mol. The molecule has 2 amide bonds. The molecule has 4 rings (SSSR count). The van der Waals surface area contributed by atoms with Crippen LogP contribution in [0.5, 0.6) is 0 Å². The zero-order chi connectivity index (χ0) is 22.8. The predicted octanol–water partition coefficient (Wildman–Crippen LogP) is -1.27. The molecule has 1 fully saturated rings. The molecule has 2 aliphatic rings. The Labute approximate surface area is 184 Å². The number of anilines is 1. The van der Waals surface area contributed by atoms with Crippen molar-refractivity contribution in [3.05, 3.63) is 48.0 Å². The van der Waals surface area contributed by atoms with Crippen LogP contribution in [0.2, 0.25) is 0 Å². The fraction of sp³-hybridized carbons (Fsp3) is 0.278. The molecule has 0 aliphatic carbocycles. The van der Waals surface area contributed by atoms with Crippen molar-refractivity contribution >= 4 is 41.3 Å². The fourth-order valence-corrected chi connectivity index (χ4v) is 4.72. The minimum atomic E-state index is -1.21. The Morgan fingerprint density at radius 2 is 2.22 bits per heavy atom. The summed E-state index contributed by atoms with van der Waals surface area (Å²) in [5, 5.41) is 15.4. The van der Waals surface area contributed by atoms with E-state index in [-0.39, 0.29) is 23.1 Å². The highest BCUT2D eigenvalue weighted by atomic mass is 32.2. The summed E-state index contributed by atoms with van der Waals surface area (Å²) < 4.78 is 6.66. The number of amides is 2. The molecule has 0 bridgehead atoms. The smallest absolute Gasteiger partial charge is 0.352 e. The molecule has 0 saturated carbocycles. The number of hydrogen-bond donors (Lipinski definition) is 3. The van der Waals surface area contributed by atoms with Gasteiger partial charge in [-0.1, -0.05) is 5.16 Å². The van der Waals surface area contributed by atoms with Crippen molar-refractivity contribution in [1.29, 1.82) is 0 Å². The maximum atomic E-state index is 12.8. The molecule has 166 valence electrons. The first-order chi connectivity index (χ1) is 15.4. The maximum Gasteiger partial charge on any atom is 0.352 e. The number of carbonyl (C=O) groups excluding carboxylic acids is 2. The number of aliphatic carboxylic acids is 1. The van der Waals surface area contributed by atoms with E-state index in [1.165, 1.54) is 23.8 Å². The summed E-state index contributed by atoms with van der Waals surface area (Å²) in [6, 6.07) is -1.11. The molecule has 13 nitrogen and oxygen atoms in total.